The molecule has 2 atom stereocenters. The van der Waals surface area contributed by atoms with Crippen molar-refractivity contribution in [3.63, 3.8) is 0 Å². The molecule has 0 unspecified atom stereocenters. The Morgan fingerprint density at radius 1 is 1.00 bits per heavy atom. The average molecular weight is 372 g/mol. The first-order valence-electron chi connectivity index (χ1n) is 9.84. The second-order valence-corrected chi connectivity index (χ2v) is 7.87. The van der Waals surface area contributed by atoms with Crippen LogP contribution in [0.4, 0.5) is 0 Å². The molecule has 5 nitrogen and oxygen atoms in total. The van der Waals surface area contributed by atoms with Gasteiger partial charge in [0.05, 0.1) is 24.3 Å². The van der Waals surface area contributed by atoms with E-state index in [9.17, 15) is 4.79 Å². The van der Waals surface area contributed by atoms with Gasteiger partial charge < -0.3 is 9.47 Å². The number of benzene rings is 1. The number of aromatic nitrogens is 2. The minimum absolute atomic E-state index is 0.106. The van der Waals surface area contributed by atoms with Gasteiger partial charge in [-0.3, -0.25) is 14.7 Å². The number of carbonyl (C=O) groups is 1. The third kappa shape index (κ3) is 3.02. The number of rotatable bonds is 4. The molecule has 1 fully saturated rings. The zero-order chi connectivity index (χ0) is 19.1. The van der Waals surface area contributed by atoms with E-state index in [-0.39, 0.29) is 18.0 Å². The molecule has 0 aliphatic carbocycles. The molecular weight excluding hydrogens is 348 g/mol. The van der Waals surface area contributed by atoms with Crippen molar-refractivity contribution in [1.82, 2.24) is 19.4 Å². The Bertz CT molecular complexity index is 997. The highest BCUT2D eigenvalue weighted by Crippen LogP contribution is 2.35. The number of likely N-dealkylation sites (tertiary alicyclic amines) is 1. The largest absolute Gasteiger partial charge is 0.337 e. The SMILES string of the molecule is Cc1cccc(CN2C[C@@H]3[C@@H](C2)n2cccc2C(=O)N3Cc2ccccn2)c1. The van der Waals surface area contributed by atoms with E-state index in [1.165, 1.54) is 11.1 Å². The van der Waals surface area contributed by atoms with E-state index in [4.69, 9.17) is 0 Å². The summed E-state index contributed by atoms with van der Waals surface area (Å²) in [4.78, 5) is 22.1. The topological polar surface area (TPSA) is 41.4 Å². The number of carbonyl (C=O) groups excluding carboxylic acids is 1. The number of pyridine rings is 1. The first-order chi connectivity index (χ1) is 13.7. The van der Waals surface area contributed by atoms with Gasteiger partial charge in [-0.25, -0.2) is 0 Å². The van der Waals surface area contributed by atoms with Crippen LogP contribution in [0, 0.1) is 6.92 Å². The van der Waals surface area contributed by atoms with Crippen LogP contribution < -0.4 is 0 Å². The summed E-state index contributed by atoms with van der Waals surface area (Å²) in [6.07, 6.45) is 3.85. The molecule has 5 heteroatoms. The molecule has 28 heavy (non-hydrogen) atoms. The zero-order valence-electron chi connectivity index (χ0n) is 16.0. The molecule has 0 bridgehead atoms. The van der Waals surface area contributed by atoms with Gasteiger partial charge in [0.2, 0.25) is 0 Å². The van der Waals surface area contributed by atoms with Crippen molar-refractivity contribution < 1.29 is 4.79 Å². The Morgan fingerprint density at radius 2 is 1.89 bits per heavy atom. The van der Waals surface area contributed by atoms with Crippen molar-refractivity contribution in [1.29, 1.82) is 0 Å². The minimum atomic E-state index is 0.106. The predicted molar refractivity (Wildman–Crippen MR) is 108 cm³/mol. The molecule has 4 heterocycles. The van der Waals surface area contributed by atoms with E-state index in [1.807, 2.05) is 35.2 Å². The van der Waals surface area contributed by atoms with Crippen LogP contribution in [0.25, 0.3) is 0 Å². The smallest absolute Gasteiger partial charge is 0.271 e. The summed E-state index contributed by atoms with van der Waals surface area (Å²) in [5, 5.41) is 0. The van der Waals surface area contributed by atoms with Crippen LogP contribution in [0.3, 0.4) is 0 Å². The molecule has 2 aromatic heterocycles. The van der Waals surface area contributed by atoms with Crippen LogP contribution in [0.2, 0.25) is 0 Å². The molecule has 1 saturated heterocycles. The molecule has 142 valence electrons. The van der Waals surface area contributed by atoms with Gasteiger partial charge in [0.1, 0.15) is 5.69 Å². The number of fused-ring (bicyclic) bond motifs is 3. The molecule has 3 aromatic rings. The van der Waals surface area contributed by atoms with Gasteiger partial charge in [-0.1, -0.05) is 35.9 Å². The summed E-state index contributed by atoms with van der Waals surface area (Å²) < 4.78 is 2.18. The van der Waals surface area contributed by atoms with Gasteiger partial charge in [0.15, 0.2) is 0 Å². The van der Waals surface area contributed by atoms with Gasteiger partial charge in [0, 0.05) is 32.0 Å². The highest BCUT2D eigenvalue weighted by molar-refractivity contribution is 5.94. The molecule has 2 aliphatic heterocycles. The maximum atomic E-state index is 13.2. The molecule has 0 radical (unpaired) electrons. The highest BCUT2D eigenvalue weighted by Gasteiger charge is 2.44. The Labute approximate surface area is 165 Å². The van der Waals surface area contributed by atoms with E-state index in [0.717, 1.165) is 31.0 Å². The van der Waals surface area contributed by atoms with Crippen LogP contribution in [0.1, 0.15) is 33.4 Å². The third-order valence-corrected chi connectivity index (χ3v) is 5.90. The van der Waals surface area contributed by atoms with E-state index in [2.05, 4.69) is 51.8 Å². The number of hydrogen-bond donors (Lipinski definition) is 0. The van der Waals surface area contributed by atoms with Crippen molar-refractivity contribution >= 4 is 5.91 Å². The molecule has 1 amide bonds. The first-order valence-corrected chi connectivity index (χ1v) is 9.84. The van der Waals surface area contributed by atoms with E-state index in [0.29, 0.717) is 6.54 Å². The van der Waals surface area contributed by atoms with Gasteiger partial charge >= 0.3 is 0 Å². The highest BCUT2D eigenvalue weighted by atomic mass is 16.2. The van der Waals surface area contributed by atoms with Crippen LogP contribution in [0.15, 0.2) is 67.0 Å². The molecule has 5 rings (SSSR count). The van der Waals surface area contributed by atoms with E-state index < -0.39 is 0 Å². The maximum Gasteiger partial charge on any atom is 0.271 e. The van der Waals surface area contributed by atoms with Crippen LogP contribution >= 0.6 is 0 Å². The average Bonchev–Trinajstić information content (AvgIpc) is 3.33. The monoisotopic (exact) mass is 372 g/mol. The summed E-state index contributed by atoms with van der Waals surface area (Å²) in [6.45, 7) is 5.44. The van der Waals surface area contributed by atoms with E-state index in [1.54, 1.807) is 6.20 Å². The fraction of sp³-hybridized carbons (Fsp3) is 0.304. The summed E-state index contributed by atoms with van der Waals surface area (Å²) in [5.74, 6) is 0.106. The minimum Gasteiger partial charge on any atom is -0.337 e. The zero-order valence-corrected chi connectivity index (χ0v) is 16.0. The summed E-state index contributed by atoms with van der Waals surface area (Å²) in [5.41, 5.74) is 4.34. The molecule has 1 aromatic carbocycles. The Kier molecular flexibility index (Phi) is 4.24. The number of nitrogens with zero attached hydrogens (tertiary/aromatic N) is 4. The molecule has 0 N–H and O–H groups in total. The number of amides is 1. The second-order valence-electron chi connectivity index (χ2n) is 7.87. The molecular formula is C23H24N4O. The van der Waals surface area contributed by atoms with Gasteiger partial charge in [-0.05, 0) is 36.8 Å². The second kappa shape index (κ2) is 6.91. The summed E-state index contributed by atoms with van der Waals surface area (Å²) in [7, 11) is 0. The molecule has 0 spiro atoms. The quantitative estimate of drug-likeness (QED) is 0.706. The lowest BCUT2D eigenvalue weighted by Crippen LogP contribution is -2.49. The first kappa shape index (κ1) is 17.2. The Hall–Kier alpha value is -2.92. The summed E-state index contributed by atoms with van der Waals surface area (Å²) in [6, 6.07) is 19.0. The van der Waals surface area contributed by atoms with Gasteiger partial charge in [-0.15, -0.1) is 0 Å². The standard InChI is InChI=1S/C23H24N4O/c1-17-6-4-7-18(12-17)13-25-15-21-22(16-25)27(14-19-8-2-3-10-24-19)23(28)20-9-5-11-26(20)21/h2-12,21-22H,13-16H2,1H3/t21-,22-/m1/s1. The van der Waals surface area contributed by atoms with Crippen LogP contribution in [-0.4, -0.2) is 44.4 Å². The van der Waals surface area contributed by atoms with Crippen molar-refractivity contribution in [2.45, 2.75) is 32.1 Å². The van der Waals surface area contributed by atoms with Gasteiger partial charge in [0.25, 0.3) is 5.91 Å². The van der Waals surface area contributed by atoms with Crippen molar-refractivity contribution in [2.24, 2.45) is 0 Å². The Morgan fingerprint density at radius 3 is 2.71 bits per heavy atom. The number of hydrogen-bond acceptors (Lipinski definition) is 3. The van der Waals surface area contributed by atoms with Crippen molar-refractivity contribution in [2.75, 3.05) is 13.1 Å². The predicted octanol–water partition coefficient (Wildman–Crippen LogP) is 3.27. The molecule has 2 aliphatic rings. The summed E-state index contributed by atoms with van der Waals surface area (Å²) >= 11 is 0. The lowest BCUT2D eigenvalue weighted by Gasteiger charge is -2.38. The van der Waals surface area contributed by atoms with Gasteiger partial charge in [-0.2, -0.15) is 0 Å². The van der Waals surface area contributed by atoms with E-state index >= 15 is 0 Å². The van der Waals surface area contributed by atoms with Crippen LogP contribution in [0.5, 0.6) is 0 Å². The van der Waals surface area contributed by atoms with Crippen molar-refractivity contribution in [3.05, 3.63) is 89.5 Å². The third-order valence-electron chi connectivity index (χ3n) is 5.90. The van der Waals surface area contributed by atoms with Crippen LogP contribution in [-0.2, 0) is 13.1 Å². The maximum absolute atomic E-state index is 13.2. The lowest BCUT2D eigenvalue weighted by atomic mass is 10.1. The number of aryl methyl sites for hydroxylation is 1. The normalized spacial score (nSPS) is 21.6. The lowest BCUT2D eigenvalue weighted by molar-refractivity contribution is 0.0553. The fourth-order valence-corrected chi connectivity index (χ4v) is 4.64. The fourth-order valence-electron chi connectivity index (χ4n) is 4.64. The molecule has 0 saturated carbocycles. The van der Waals surface area contributed by atoms with Crippen molar-refractivity contribution in [3.8, 4) is 0 Å². The Balaban J connectivity index is 1.43.